The van der Waals surface area contributed by atoms with Gasteiger partial charge in [0.2, 0.25) is 0 Å². The molecular weight excluding hydrogens is 376 g/mol. The van der Waals surface area contributed by atoms with Gasteiger partial charge >= 0.3 is 0 Å². The van der Waals surface area contributed by atoms with Gasteiger partial charge in [-0.05, 0) is 29.8 Å². The number of hydrogen-bond donors (Lipinski definition) is 1. The third kappa shape index (κ3) is 2.48. The third-order valence-electron chi connectivity index (χ3n) is 4.95. The fraction of sp³-hybridized carbons (Fsp3) is 0.0952. The predicted molar refractivity (Wildman–Crippen MR) is 105 cm³/mol. The number of amides is 2. The van der Waals surface area contributed by atoms with Crippen molar-refractivity contribution in [2.45, 2.75) is 5.92 Å². The fourth-order valence-electron chi connectivity index (χ4n) is 3.62. The van der Waals surface area contributed by atoms with Gasteiger partial charge in [-0.1, -0.05) is 41.9 Å². The number of likely N-dealkylation sites (N-methyl/N-ethyl adjacent to an activating group) is 1. The van der Waals surface area contributed by atoms with E-state index in [4.69, 9.17) is 17.3 Å². The van der Waals surface area contributed by atoms with Crippen LogP contribution in [0.1, 0.15) is 11.5 Å². The van der Waals surface area contributed by atoms with Gasteiger partial charge in [0.15, 0.2) is 0 Å². The lowest BCUT2D eigenvalue weighted by molar-refractivity contribution is -0.136. The molecule has 2 aromatic rings. The fourth-order valence-corrected chi connectivity index (χ4v) is 3.74. The molecule has 2 N–H and O–H groups in total. The maximum absolute atomic E-state index is 13.0. The first-order chi connectivity index (χ1) is 13.5. The zero-order chi connectivity index (χ0) is 20.0. The molecule has 6 nitrogen and oxygen atoms in total. The van der Waals surface area contributed by atoms with Crippen LogP contribution in [0.25, 0.3) is 0 Å². The smallest absolute Gasteiger partial charge is 0.278 e. The molecule has 0 saturated carbocycles. The van der Waals surface area contributed by atoms with E-state index in [9.17, 15) is 14.9 Å². The average Bonchev–Trinajstić information content (AvgIpc) is 2.93. The van der Waals surface area contributed by atoms with Crippen molar-refractivity contribution in [3.05, 3.63) is 87.8 Å². The molecule has 1 atom stereocenters. The van der Waals surface area contributed by atoms with Crippen molar-refractivity contribution in [3.63, 3.8) is 0 Å². The highest BCUT2D eigenvalue weighted by Gasteiger charge is 2.48. The van der Waals surface area contributed by atoms with Gasteiger partial charge in [-0.15, -0.1) is 0 Å². The summed E-state index contributed by atoms with van der Waals surface area (Å²) >= 11 is 5.98. The van der Waals surface area contributed by atoms with E-state index in [0.717, 1.165) is 10.5 Å². The van der Waals surface area contributed by atoms with E-state index >= 15 is 0 Å². The average molecular weight is 391 g/mol. The summed E-state index contributed by atoms with van der Waals surface area (Å²) < 4.78 is 0. The first-order valence-corrected chi connectivity index (χ1v) is 8.90. The van der Waals surface area contributed by atoms with E-state index in [1.165, 1.54) is 11.9 Å². The minimum absolute atomic E-state index is 0.119. The summed E-state index contributed by atoms with van der Waals surface area (Å²) in [6, 6.07) is 17.9. The topological polar surface area (TPSA) is 90.4 Å². The van der Waals surface area contributed by atoms with Crippen molar-refractivity contribution >= 4 is 29.1 Å². The zero-order valence-corrected chi connectivity index (χ0v) is 15.6. The summed E-state index contributed by atoms with van der Waals surface area (Å²) in [4.78, 5) is 28.4. The standard InChI is InChI=1S/C21H15ClN4O2/c1-25-20(27)17-16(12-5-3-2-4-6-12)15(11-23)19(24)26(18(17)21(25)28)14-9-7-13(22)8-10-14/h2-10,16H,24H2,1H3. The second-order valence-electron chi connectivity index (χ2n) is 6.50. The maximum atomic E-state index is 13.0. The Morgan fingerprint density at radius 1 is 1.04 bits per heavy atom. The van der Waals surface area contributed by atoms with Crippen molar-refractivity contribution in [2.24, 2.45) is 5.73 Å². The van der Waals surface area contributed by atoms with Crippen molar-refractivity contribution in [3.8, 4) is 6.07 Å². The number of nitrogens with zero attached hydrogens (tertiary/aromatic N) is 3. The number of anilines is 1. The van der Waals surface area contributed by atoms with E-state index in [0.29, 0.717) is 10.7 Å². The number of halogens is 1. The molecule has 0 spiro atoms. The van der Waals surface area contributed by atoms with E-state index in [1.54, 1.807) is 24.3 Å². The van der Waals surface area contributed by atoms with Crippen LogP contribution in [0.5, 0.6) is 0 Å². The summed E-state index contributed by atoms with van der Waals surface area (Å²) in [5.41, 5.74) is 8.28. The Morgan fingerprint density at radius 2 is 1.68 bits per heavy atom. The summed E-state index contributed by atoms with van der Waals surface area (Å²) in [6.07, 6.45) is 0. The second kappa shape index (κ2) is 6.55. The molecule has 2 aliphatic rings. The monoisotopic (exact) mass is 390 g/mol. The highest BCUT2D eigenvalue weighted by atomic mass is 35.5. The minimum atomic E-state index is -0.703. The third-order valence-corrected chi connectivity index (χ3v) is 5.21. The van der Waals surface area contributed by atoms with Crippen LogP contribution in [0.4, 0.5) is 5.69 Å². The number of allylic oxidation sites excluding steroid dienone is 1. The highest BCUT2D eigenvalue weighted by Crippen LogP contribution is 2.45. The molecule has 1 unspecified atom stereocenters. The van der Waals surface area contributed by atoms with Gasteiger partial charge in [-0.2, -0.15) is 5.26 Å². The molecule has 2 aliphatic heterocycles. The Balaban J connectivity index is 2.01. The van der Waals surface area contributed by atoms with Crippen LogP contribution in [-0.2, 0) is 9.59 Å². The van der Waals surface area contributed by atoms with Crippen LogP contribution < -0.4 is 10.6 Å². The van der Waals surface area contributed by atoms with Crippen LogP contribution >= 0.6 is 11.6 Å². The molecule has 0 fully saturated rings. The van der Waals surface area contributed by atoms with Gasteiger partial charge in [0.05, 0.1) is 23.1 Å². The van der Waals surface area contributed by atoms with Crippen LogP contribution in [-0.4, -0.2) is 23.8 Å². The lowest BCUT2D eigenvalue weighted by Crippen LogP contribution is -2.37. The Hall–Kier alpha value is -3.56. The number of benzene rings is 2. The molecule has 0 aliphatic carbocycles. The largest absolute Gasteiger partial charge is 0.384 e. The quantitative estimate of drug-likeness (QED) is 0.796. The number of imide groups is 1. The molecule has 0 bridgehead atoms. The molecular formula is C21H15ClN4O2. The van der Waals surface area contributed by atoms with Gasteiger partial charge in [0.1, 0.15) is 11.5 Å². The molecule has 28 heavy (non-hydrogen) atoms. The molecule has 4 rings (SSSR count). The summed E-state index contributed by atoms with van der Waals surface area (Å²) in [5, 5.41) is 10.4. The zero-order valence-electron chi connectivity index (χ0n) is 14.9. The minimum Gasteiger partial charge on any atom is -0.384 e. The van der Waals surface area contributed by atoms with Crippen LogP contribution in [0.3, 0.4) is 0 Å². The second-order valence-corrected chi connectivity index (χ2v) is 6.93. The first kappa shape index (κ1) is 17.8. The SMILES string of the molecule is CN1C(=O)C2=C(C1=O)N(c1ccc(Cl)cc1)C(N)=C(C#N)C2c1ccccc1. The Labute approximate surface area is 166 Å². The Kier molecular flexibility index (Phi) is 4.17. The number of rotatable bonds is 2. The maximum Gasteiger partial charge on any atom is 0.278 e. The van der Waals surface area contributed by atoms with Crippen molar-refractivity contribution < 1.29 is 9.59 Å². The molecule has 0 saturated heterocycles. The number of nitrogens with two attached hydrogens (primary N) is 1. The Bertz CT molecular complexity index is 1100. The number of nitriles is 1. The van der Waals surface area contributed by atoms with Crippen molar-refractivity contribution in [1.29, 1.82) is 5.26 Å². The van der Waals surface area contributed by atoms with Crippen LogP contribution in [0.15, 0.2) is 77.3 Å². The van der Waals surface area contributed by atoms with Gasteiger partial charge < -0.3 is 5.73 Å². The summed E-state index contributed by atoms with van der Waals surface area (Å²) in [5.74, 6) is -1.48. The first-order valence-electron chi connectivity index (χ1n) is 8.52. The molecule has 0 aromatic heterocycles. The molecule has 2 aromatic carbocycles. The molecule has 138 valence electrons. The van der Waals surface area contributed by atoms with E-state index in [1.807, 2.05) is 30.3 Å². The molecule has 7 heteroatoms. The van der Waals surface area contributed by atoms with E-state index < -0.39 is 17.7 Å². The lowest BCUT2D eigenvalue weighted by atomic mass is 9.81. The molecule has 2 heterocycles. The van der Waals surface area contributed by atoms with E-state index in [2.05, 4.69) is 6.07 Å². The van der Waals surface area contributed by atoms with Gasteiger partial charge in [0.25, 0.3) is 11.8 Å². The normalized spacial score (nSPS) is 19.2. The van der Waals surface area contributed by atoms with Crippen molar-refractivity contribution in [1.82, 2.24) is 4.90 Å². The van der Waals surface area contributed by atoms with Gasteiger partial charge in [-0.3, -0.25) is 19.4 Å². The molecule has 0 radical (unpaired) electrons. The molecule has 2 amide bonds. The van der Waals surface area contributed by atoms with Crippen LogP contribution in [0, 0.1) is 11.3 Å². The number of carbonyl (C=O) groups excluding carboxylic acids is 2. The van der Waals surface area contributed by atoms with Gasteiger partial charge in [-0.25, -0.2) is 0 Å². The number of hydrogen-bond acceptors (Lipinski definition) is 5. The number of carbonyl (C=O) groups is 2. The van der Waals surface area contributed by atoms with Crippen LogP contribution in [0.2, 0.25) is 5.02 Å². The summed E-state index contributed by atoms with van der Waals surface area (Å²) in [6.45, 7) is 0. The van der Waals surface area contributed by atoms with E-state index in [-0.39, 0.29) is 22.7 Å². The van der Waals surface area contributed by atoms with Gasteiger partial charge in [0, 0.05) is 17.8 Å². The lowest BCUT2D eigenvalue weighted by Gasteiger charge is -2.33. The van der Waals surface area contributed by atoms with Crippen molar-refractivity contribution in [2.75, 3.05) is 11.9 Å². The predicted octanol–water partition coefficient (Wildman–Crippen LogP) is 2.89. The highest BCUT2D eigenvalue weighted by molar-refractivity contribution is 6.30. The Morgan fingerprint density at radius 3 is 2.29 bits per heavy atom. The summed E-state index contributed by atoms with van der Waals surface area (Å²) in [7, 11) is 1.42.